The van der Waals surface area contributed by atoms with Crippen LogP contribution >= 0.6 is 15.9 Å². The Morgan fingerprint density at radius 1 is 1.50 bits per heavy atom. The summed E-state index contributed by atoms with van der Waals surface area (Å²) in [6.45, 7) is 5.02. The predicted octanol–water partition coefficient (Wildman–Crippen LogP) is 2.97. The van der Waals surface area contributed by atoms with Crippen molar-refractivity contribution in [2.75, 3.05) is 6.61 Å². The number of fused-ring (bicyclic) bond motifs is 1. The molecule has 2 rings (SSSR count). The minimum absolute atomic E-state index is 0.0678. The molecule has 0 saturated heterocycles. The van der Waals surface area contributed by atoms with Crippen LogP contribution in [0.4, 0.5) is 0 Å². The number of amides is 1. The number of carbonyl (C=O) groups is 1. The fraction of sp³-hybridized carbons (Fsp3) is 0.357. The molecule has 0 radical (unpaired) electrons. The molecule has 96 valence electrons. The van der Waals surface area contributed by atoms with Crippen LogP contribution in [-0.4, -0.2) is 12.5 Å². The molecule has 1 amide bonds. The van der Waals surface area contributed by atoms with Gasteiger partial charge in [0.2, 0.25) is 5.91 Å². The van der Waals surface area contributed by atoms with Crippen LogP contribution in [0, 0.1) is 0 Å². The van der Waals surface area contributed by atoms with Crippen molar-refractivity contribution in [2.45, 2.75) is 26.8 Å². The van der Waals surface area contributed by atoms with Crippen LogP contribution in [0.15, 0.2) is 28.3 Å². The molecule has 4 heteroatoms. The van der Waals surface area contributed by atoms with Gasteiger partial charge in [0.15, 0.2) is 0 Å². The van der Waals surface area contributed by atoms with E-state index >= 15 is 0 Å². The Balaban J connectivity index is 2.11. The molecule has 0 spiro atoms. The minimum atomic E-state index is -0.0678. The lowest BCUT2D eigenvalue weighted by atomic mass is 10.1. The predicted molar refractivity (Wildman–Crippen MR) is 74.6 cm³/mol. The number of carbonyl (C=O) groups excluding carboxylic acids is 1. The lowest BCUT2D eigenvalue weighted by molar-refractivity contribution is -0.116. The molecule has 0 unspecified atom stereocenters. The van der Waals surface area contributed by atoms with Gasteiger partial charge in [0.05, 0.1) is 6.61 Å². The number of hydrogen-bond acceptors (Lipinski definition) is 2. The van der Waals surface area contributed by atoms with Crippen molar-refractivity contribution in [1.29, 1.82) is 0 Å². The first-order valence-electron chi connectivity index (χ1n) is 5.93. The second-order valence-electron chi connectivity index (χ2n) is 4.59. The molecule has 18 heavy (non-hydrogen) atoms. The third-order valence-electron chi connectivity index (χ3n) is 2.70. The summed E-state index contributed by atoms with van der Waals surface area (Å²) < 4.78 is 6.64. The number of allylic oxidation sites excluding steroid dienone is 1. The van der Waals surface area contributed by atoms with Gasteiger partial charge in [-0.3, -0.25) is 4.79 Å². The molecule has 0 atom stereocenters. The lowest BCUT2D eigenvalue weighted by Crippen LogP contribution is -2.21. The summed E-state index contributed by atoms with van der Waals surface area (Å²) in [6, 6.07) is 4.07. The molecule has 0 saturated carbocycles. The quantitative estimate of drug-likeness (QED) is 0.872. The Bertz CT molecular complexity index is 505. The van der Waals surface area contributed by atoms with Crippen LogP contribution in [0.5, 0.6) is 5.75 Å². The van der Waals surface area contributed by atoms with Crippen molar-refractivity contribution in [3.8, 4) is 5.75 Å². The summed E-state index contributed by atoms with van der Waals surface area (Å²) in [6.07, 6.45) is 2.53. The molecule has 1 aliphatic heterocycles. The Morgan fingerprint density at radius 3 is 3.00 bits per heavy atom. The molecular formula is C14H16BrNO2. The second kappa shape index (κ2) is 5.57. The average Bonchev–Trinajstić information content (AvgIpc) is 2.72. The van der Waals surface area contributed by atoms with Gasteiger partial charge in [0.1, 0.15) is 5.75 Å². The highest BCUT2D eigenvalue weighted by Crippen LogP contribution is 2.32. The van der Waals surface area contributed by atoms with Gasteiger partial charge < -0.3 is 10.1 Å². The van der Waals surface area contributed by atoms with E-state index in [9.17, 15) is 4.79 Å². The summed E-state index contributed by atoms with van der Waals surface area (Å²) >= 11 is 3.48. The van der Waals surface area contributed by atoms with Crippen LogP contribution in [0.1, 0.15) is 25.0 Å². The molecule has 1 aliphatic rings. The maximum atomic E-state index is 11.6. The number of benzene rings is 1. The fourth-order valence-corrected chi connectivity index (χ4v) is 2.53. The highest BCUT2D eigenvalue weighted by molar-refractivity contribution is 9.10. The van der Waals surface area contributed by atoms with Gasteiger partial charge in [0.25, 0.3) is 0 Å². The maximum absolute atomic E-state index is 11.6. The Kier molecular flexibility index (Phi) is 4.07. The van der Waals surface area contributed by atoms with E-state index < -0.39 is 0 Å². The zero-order valence-corrected chi connectivity index (χ0v) is 12.1. The van der Waals surface area contributed by atoms with Gasteiger partial charge in [-0.25, -0.2) is 0 Å². The van der Waals surface area contributed by atoms with E-state index in [1.54, 1.807) is 6.08 Å². The summed E-state index contributed by atoms with van der Waals surface area (Å²) in [5.41, 5.74) is 3.21. The van der Waals surface area contributed by atoms with Gasteiger partial charge >= 0.3 is 0 Å². The van der Waals surface area contributed by atoms with Crippen LogP contribution in [0.2, 0.25) is 0 Å². The Hall–Kier alpha value is -1.29. The highest BCUT2D eigenvalue weighted by atomic mass is 79.9. The number of ether oxygens (including phenoxy) is 1. The minimum Gasteiger partial charge on any atom is -0.493 e. The third-order valence-corrected chi connectivity index (χ3v) is 3.16. The summed E-state index contributed by atoms with van der Waals surface area (Å²) in [7, 11) is 0. The van der Waals surface area contributed by atoms with Crippen LogP contribution in [-0.2, 0) is 17.8 Å². The average molecular weight is 310 g/mol. The SMILES string of the molecule is CC(C)=CC(=O)NCc1cc(Br)cc2c1OCC2. The summed E-state index contributed by atoms with van der Waals surface area (Å²) in [4.78, 5) is 11.6. The molecule has 1 N–H and O–H groups in total. The van der Waals surface area contributed by atoms with Gasteiger partial charge in [0, 0.05) is 29.1 Å². The smallest absolute Gasteiger partial charge is 0.244 e. The van der Waals surface area contributed by atoms with Gasteiger partial charge in [-0.2, -0.15) is 0 Å². The van der Waals surface area contributed by atoms with Crippen molar-refractivity contribution in [2.24, 2.45) is 0 Å². The van der Waals surface area contributed by atoms with E-state index in [1.165, 1.54) is 5.56 Å². The molecule has 1 aromatic carbocycles. The zero-order valence-electron chi connectivity index (χ0n) is 10.5. The van der Waals surface area contributed by atoms with Crippen molar-refractivity contribution >= 4 is 21.8 Å². The highest BCUT2D eigenvalue weighted by Gasteiger charge is 2.17. The summed E-state index contributed by atoms with van der Waals surface area (Å²) in [5, 5.41) is 2.87. The maximum Gasteiger partial charge on any atom is 0.244 e. The lowest BCUT2D eigenvalue weighted by Gasteiger charge is -2.09. The Morgan fingerprint density at radius 2 is 2.28 bits per heavy atom. The number of rotatable bonds is 3. The standard InChI is InChI=1S/C14H16BrNO2/c1-9(2)5-13(17)16-8-11-7-12(15)6-10-3-4-18-14(10)11/h5-7H,3-4,8H2,1-2H3,(H,16,17). The monoisotopic (exact) mass is 309 g/mol. The van der Waals surface area contributed by atoms with Crippen LogP contribution in [0.25, 0.3) is 0 Å². The van der Waals surface area contributed by atoms with Gasteiger partial charge in [-0.05, 0) is 31.5 Å². The van der Waals surface area contributed by atoms with Crippen molar-refractivity contribution < 1.29 is 9.53 Å². The number of nitrogens with one attached hydrogen (secondary N) is 1. The van der Waals surface area contributed by atoms with E-state index in [4.69, 9.17) is 4.74 Å². The first-order chi connectivity index (χ1) is 8.56. The number of halogens is 1. The number of hydrogen-bond donors (Lipinski definition) is 1. The molecule has 0 fully saturated rings. The van der Waals surface area contributed by atoms with Crippen LogP contribution < -0.4 is 10.1 Å². The second-order valence-corrected chi connectivity index (χ2v) is 5.51. The van der Waals surface area contributed by atoms with Gasteiger partial charge in [-0.15, -0.1) is 0 Å². The van der Waals surface area contributed by atoms with Crippen molar-refractivity contribution in [3.05, 3.63) is 39.4 Å². The van der Waals surface area contributed by atoms with Crippen molar-refractivity contribution in [3.63, 3.8) is 0 Å². The molecule has 0 aliphatic carbocycles. The van der Waals surface area contributed by atoms with Crippen LogP contribution in [0.3, 0.4) is 0 Å². The zero-order chi connectivity index (χ0) is 13.1. The topological polar surface area (TPSA) is 38.3 Å². The molecule has 1 heterocycles. The Labute approximate surface area is 115 Å². The molecular weight excluding hydrogens is 294 g/mol. The molecule has 0 bridgehead atoms. The van der Waals surface area contributed by atoms with E-state index in [2.05, 4.69) is 27.3 Å². The van der Waals surface area contributed by atoms with Gasteiger partial charge in [-0.1, -0.05) is 21.5 Å². The first-order valence-corrected chi connectivity index (χ1v) is 6.72. The third kappa shape index (κ3) is 3.13. The molecule has 1 aromatic rings. The molecule has 0 aromatic heterocycles. The molecule has 3 nitrogen and oxygen atoms in total. The van der Waals surface area contributed by atoms with E-state index in [-0.39, 0.29) is 5.91 Å². The first kappa shape index (κ1) is 13.1. The van der Waals surface area contributed by atoms with E-state index in [1.807, 2.05) is 19.9 Å². The van der Waals surface area contributed by atoms with E-state index in [0.717, 1.165) is 34.4 Å². The van der Waals surface area contributed by atoms with Crippen molar-refractivity contribution in [1.82, 2.24) is 5.32 Å². The largest absolute Gasteiger partial charge is 0.493 e. The summed E-state index contributed by atoms with van der Waals surface area (Å²) in [5.74, 6) is 0.859. The van der Waals surface area contributed by atoms with E-state index in [0.29, 0.717) is 6.54 Å². The fourth-order valence-electron chi connectivity index (χ4n) is 1.97. The normalized spacial score (nSPS) is 12.6.